The molecule has 0 saturated carbocycles. The molecule has 0 bridgehead atoms. The van der Waals surface area contributed by atoms with Gasteiger partial charge in [0.25, 0.3) is 11.8 Å². The first kappa shape index (κ1) is 85.2. The number of carbonyl (C=O) groups excluding carboxylic acids is 8. The van der Waals surface area contributed by atoms with Crippen molar-refractivity contribution in [3.05, 3.63) is 192 Å². The maximum atomic E-state index is 14.5. The molecule has 0 radical (unpaired) electrons. The van der Waals surface area contributed by atoms with Gasteiger partial charge < -0.3 is 86.9 Å². The molecule has 10 aromatic rings. The molecule has 10 rings (SSSR count). The third-order valence-corrected chi connectivity index (χ3v) is 20.0. The summed E-state index contributed by atoms with van der Waals surface area (Å²) in [6.07, 6.45) is 15.9. The van der Waals surface area contributed by atoms with Gasteiger partial charge >= 0.3 is 11.9 Å². The fourth-order valence-electron chi connectivity index (χ4n) is 13.9. The lowest BCUT2D eigenvalue weighted by Crippen LogP contribution is -2.45. The van der Waals surface area contributed by atoms with Crippen LogP contribution in [0.5, 0.6) is 11.5 Å². The van der Waals surface area contributed by atoms with Gasteiger partial charge in [-0.2, -0.15) is 0 Å². The number of ether oxygens (including phenoxy) is 3. The number of aromatic amines is 4. The largest absolute Gasteiger partial charge is 0.491 e. The number of fused-ring (bicyclic) bond motifs is 4. The molecule has 0 saturated heterocycles. The fraction of sp³-hybridized carbons (Fsp3) is 0.386. The summed E-state index contributed by atoms with van der Waals surface area (Å²) >= 11 is 0. The average molecular weight is 1570 g/mol. The van der Waals surface area contributed by atoms with E-state index in [1.54, 1.807) is 12.4 Å². The van der Waals surface area contributed by atoms with Crippen LogP contribution in [0.1, 0.15) is 161 Å². The number of amides is 8. The Labute approximate surface area is 667 Å². The smallest absolute Gasteiger partial charge is 0.326 e. The molecular weight excluding hydrogens is 1470 g/mol. The van der Waals surface area contributed by atoms with Crippen LogP contribution >= 0.6 is 0 Å². The molecule has 0 aliphatic carbocycles. The number of H-pyrrole nitrogens is 4. The van der Waals surface area contributed by atoms with E-state index in [4.69, 9.17) is 14.2 Å². The molecule has 4 aromatic heterocycles. The lowest BCUT2D eigenvalue weighted by atomic mass is 10.0. The normalized spacial score (nSPS) is 12.4. The molecule has 0 aliphatic rings. The molecule has 0 spiro atoms. The Balaban J connectivity index is 0.615. The van der Waals surface area contributed by atoms with Crippen LogP contribution in [-0.2, 0) is 68.8 Å². The predicted molar refractivity (Wildman–Crippen MR) is 442 cm³/mol. The first-order valence-corrected chi connectivity index (χ1v) is 39.8. The predicted octanol–water partition coefficient (Wildman–Crippen LogP) is 12.3. The number of aromatic nitrogens is 4. The summed E-state index contributed by atoms with van der Waals surface area (Å²) in [7, 11) is 0. The number of unbranched alkanes of at least 4 members (excludes halogenated alkanes) is 7. The van der Waals surface area contributed by atoms with Crippen molar-refractivity contribution in [1.82, 2.24) is 51.8 Å². The standard InChI is InChI=1S/C88H106N12O15/c1-55(2)45-75(87(109)110)99-83(105)57-29-31-71(77(49-57)114-42-37-59-51-91-67-25-15-11-21-63(59)67)97-85(107)73(47-61-53-93-69-27-17-13-23-65(61)69)95-81(103)35-33-79(101)89-39-19-9-7-5-6-8-10-20-41-113-44-40-90-80(102)34-36-82(104)96-74(48-62-54-94-70-28-18-14-24-66(62)70)86(108)98-72-32-30-58(84(106)100-76(88(111)112)46-56(3)4)50-78(72)115-43-38-60-52-92-68-26-16-12-22-64(60)68/h11-18,21-32,49-56,73-76,91-94H,5-10,19-20,33-48H2,1-4H3,(H,89,101)(H,90,102)(H,95,103)(H,96,104)(H,97,107)(H,98,108)(H,99,105)(H,100,106)(H,109,110)(H,111,112)/t73-,74-,75-,76-/m0/s1. The van der Waals surface area contributed by atoms with Gasteiger partial charge in [-0.15, -0.1) is 0 Å². The van der Waals surface area contributed by atoms with Crippen LogP contribution in [0, 0.1) is 11.8 Å². The molecule has 27 heteroatoms. The van der Waals surface area contributed by atoms with E-state index >= 15 is 0 Å². The number of aliphatic carboxylic acids is 2. The number of hydrogen-bond acceptors (Lipinski definition) is 13. The zero-order valence-electron chi connectivity index (χ0n) is 65.6. The third kappa shape index (κ3) is 25.9. The molecule has 4 atom stereocenters. The molecule has 27 nitrogen and oxygen atoms in total. The van der Waals surface area contributed by atoms with E-state index in [1.165, 1.54) is 36.4 Å². The third-order valence-electron chi connectivity index (χ3n) is 20.0. The summed E-state index contributed by atoms with van der Waals surface area (Å²) in [5.74, 6) is -6.12. The maximum absolute atomic E-state index is 14.5. The molecule has 6 aromatic carbocycles. The molecule has 0 aliphatic heterocycles. The highest BCUT2D eigenvalue weighted by molar-refractivity contribution is 6.03. The summed E-state index contributed by atoms with van der Waals surface area (Å²) in [5, 5.41) is 46.1. The topological polar surface area (TPSA) is 398 Å². The number of carboxylic acid groups (broad SMARTS) is 2. The van der Waals surface area contributed by atoms with Crippen LogP contribution in [0.2, 0.25) is 0 Å². The number of anilines is 2. The average Bonchev–Trinajstić information content (AvgIpc) is 1.30. The van der Waals surface area contributed by atoms with Gasteiger partial charge in [-0.25, -0.2) is 9.59 Å². The SMILES string of the molecule is CC(C)C[C@H](NC(=O)c1ccc(NC(=O)[C@H](Cc2c[nH]c3ccccc23)NC(=O)CCC(=O)NCCCCCCCCCCOCCNC(=O)CCC(=O)N[C@@H](Cc2c[nH]c3ccccc23)C(=O)Nc2ccc(C(=O)N[C@@H](CC(C)C)C(=O)O)cc2OCCc2c[nH]c3ccccc23)c(OCCc2c[nH]c3ccccc23)c1)C(=O)O. The Kier molecular flexibility index (Phi) is 31.9. The Morgan fingerprint density at radius 3 is 1.13 bits per heavy atom. The summed E-state index contributed by atoms with van der Waals surface area (Å²) < 4.78 is 18.4. The molecule has 0 unspecified atom stereocenters. The first-order chi connectivity index (χ1) is 55.6. The quantitative estimate of drug-likeness (QED) is 0.0158. The molecule has 115 heavy (non-hydrogen) atoms. The zero-order valence-corrected chi connectivity index (χ0v) is 65.6. The Morgan fingerprint density at radius 1 is 0.374 bits per heavy atom. The van der Waals surface area contributed by atoms with Crippen molar-refractivity contribution in [2.24, 2.45) is 11.8 Å². The summed E-state index contributed by atoms with van der Waals surface area (Å²) in [6.45, 7) is 9.27. The van der Waals surface area contributed by atoms with Crippen molar-refractivity contribution in [2.45, 2.75) is 167 Å². The maximum Gasteiger partial charge on any atom is 0.326 e. The highest BCUT2D eigenvalue weighted by atomic mass is 16.5. The lowest BCUT2D eigenvalue weighted by Gasteiger charge is -2.21. The van der Waals surface area contributed by atoms with Gasteiger partial charge in [0.2, 0.25) is 35.4 Å². The second-order valence-electron chi connectivity index (χ2n) is 29.8. The monoisotopic (exact) mass is 1570 g/mol. The van der Waals surface area contributed by atoms with Gasteiger partial charge in [0.1, 0.15) is 35.7 Å². The molecular formula is C88H106N12O15. The van der Waals surface area contributed by atoms with Crippen molar-refractivity contribution in [2.75, 3.05) is 50.2 Å². The Morgan fingerprint density at radius 2 is 0.730 bits per heavy atom. The van der Waals surface area contributed by atoms with E-state index in [-0.39, 0.29) is 135 Å². The number of carbonyl (C=O) groups is 10. The number of nitrogens with one attached hydrogen (secondary N) is 12. The highest BCUT2D eigenvalue weighted by Crippen LogP contribution is 2.32. The minimum atomic E-state index is -1.16. The van der Waals surface area contributed by atoms with E-state index < -0.39 is 71.5 Å². The van der Waals surface area contributed by atoms with Gasteiger partial charge in [0.15, 0.2) is 0 Å². The first-order valence-electron chi connectivity index (χ1n) is 39.8. The van der Waals surface area contributed by atoms with Gasteiger partial charge in [0.05, 0.1) is 31.2 Å². The van der Waals surface area contributed by atoms with Crippen LogP contribution in [0.3, 0.4) is 0 Å². The van der Waals surface area contributed by atoms with Gasteiger partial charge in [0, 0.05) is 151 Å². The van der Waals surface area contributed by atoms with E-state index in [0.717, 1.165) is 117 Å². The second-order valence-corrected chi connectivity index (χ2v) is 29.8. The molecule has 4 heterocycles. The van der Waals surface area contributed by atoms with E-state index in [0.29, 0.717) is 26.0 Å². The summed E-state index contributed by atoms with van der Waals surface area (Å²) in [4.78, 5) is 147. The van der Waals surface area contributed by atoms with Crippen LogP contribution in [0.25, 0.3) is 43.6 Å². The summed E-state index contributed by atoms with van der Waals surface area (Å²) in [5.41, 5.74) is 7.80. The van der Waals surface area contributed by atoms with E-state index in [1.807, 2.05) is 137 Å². The van der Waals surface area contributed by atoms with Crippen LogP contribution in [0.15, 0.2) is 158 Å². The lowest BCUT2D eigenvalue weighted by molar-refractivity contribution is -0.140. The highest BCUT2D eigenvalue weighted by Gasteiger charge is 2.30. The van der Waals surface area contributed by atoms with Gasteiger partial charge in [-0.3, -0.25) is 38.4 Å². The fourth-order valence-corrected chi connectivity index (χ4v) is 13.9. The minimum absolute atomic E-state index is 0.00626. The molecule has 608 valence electrons. The number of hydrogen-bond donors (Lipinski definition) is 14. The van der Waals surface area contributed by atoms with Gasteiger partial charge in [-0.1, -0.05) is 139 Å². The van der Waals surface area contributed by atoms with Crippen LogP contribution in [-0.4, -0.2) is 153 Å². The number of carboxylic acids is 2. The Hall–Kier alpha value is -12.3. The van der Waals surface area contributed by atoms with Crippen molar-refractivity contribution in [3.63, 3.8) is 0 Å². The Bertz CT molecular complexity index is 4670. The zero-order chi connectivity index (χ0) is 81.6. The van der Waals surface area contributed by atoms with E-state index in [2.05, 4.69) is 62.5 Å². The second kappa shape index (κ2) is 43.1. The number of para-hydroxylation sites is 4. The van der Waals surface area contributed by atoms with Crippen molar-refractivity contribution < 1.29 is 72.4 Å². The van der Waals surface area contributed by atoms with E-state index in [9.17, 15) is 58.2 Å². The van der Waals surface area contributed by atoms with Crippen molar-refractivity contribution >= 4 is 114 Å². The molecule has 0 fully saturated rings. The van der Waals surface area contributed by atoms with Gasteiger partial charge in [-0.05, 0) is 120 Å². The molecule has 8 amide bonds. The van der Waals surface area contributed by atoms with Crippen LogP contribution in [0.4, 0.5) is 11.4 Å². The number of benzene rings is 6. The molecule has 14 N–H and O–H groups in total. The number of rotatable bonds is 48. The van der Waals surface area contributed by atoms with Crippen molar-refractivity contribution in [3.8, 4) is 11.5 Å². The minimum Gasteiger partial charge on any atom is -0.491 e. The summed E-state index contributed by atoms with van der Waals surface area (Å²) in [6, 6.07) is 35.2. The van der Waals surface area contributed by atoms with Crippen molar-refractivity contribution in [1.29, 1.82) is 0 Å². The van der Waals surface area contributed by atoms with Crippen LogP contribution < -0.4 is 52.0 Å².